The van der Waals surface area contributed by atoms with Crippen LogP contribution in [-0.2, 0) is 14.3 Å². The molecule has 2 aromatic rings. The second-order valence-corrected chi connectivity index (χ2v) is 8.88. The summed E-state index contributed by atoms with van der Waals surface area (Å²) in [6, 6.07) is 11.8. The van der Waals surface area contributed by atoms with Crippen molar-refractivity contribution in [1.82, 2.24) is 0 Å². The number of allylic oxidation sites excluding steroid dienone is 2. The number of benzene rings is 2. The van der Waals surface area contributed by atoms with Crippen LogP contribution in [0.4, 0.5) is 5.69 Å². The number of Topliss-reactive ketones (excluding diaryl/α,β-unsaturated/α-hetero) is 1. The molecule has 1 saturated carbocycles. The number of esters is 1. The van der Waals surface area contributed by atoms with Crippen molar-refractivity contribution in [2.24, 2.45) is 23.7 Å². The van der Waals surface area contributed by atoms with E-state index < -0.39 is 5.97 Å². The minimum Gasteiger partial charge on any atom is -0.454 e. The number of rotatable bonds is 5. The van der Waals surface area contributed by atoms with E-state index in [1.165, 1.54) is 11.0 Å². The van der Waals surface area contributed by atoms with E-state index in [0.717, 1.165) is 17.5 Å². The van der Waals surface area contributed by atoms with Crippen LogP contribution in [0.5, 0.6) is 0 Å². The number of ether oxygens (including phenoxy) is 1. The van der Waals surface area contributed by atoms with Gasteiger partial charge in [-0.3, -0.25) is 14.4 Å². The largest absolute Gasteiger partial charge is 0.454 e. The van der Waals surface area contributed by atoms with Crippen molar-refractivity contribution in [2.45, 2.75) is 20.3 Å². The lowest BCUT2D eigenvalue weighted by molar-refractivity contribution is -0.123. The molecule has 6 heteroatoms. The van der Waals surface area contributed by atoms with Crippen molar-refractivity contribution >= 4 is 29.3 Å². The summed E-state index contributed by atoms with van der Waals surface area (Å²) in [6.45, 7) is 3.34. The van der Waals surface area contributed by atoms with Gasteiger partial charge in [0.05, 0.1) is 23.1 Å². The highest BCUT2D eigenvalue weighted by Gasteiger charge is 2.59. The molecule has 6 nitrogen and oxygen atoms in total. The molecule has 2 fully saturated rings. The normalized spacial score (nSPS) is 25.4. The predicted molar refractivity (Wildman–Crippen MR) is 117 cm³/mol. The Morgan fingerprint density at radius 3 is 2.34 bits per heavy atom. The number of nitrogens with zero attached hydrogens (tertiary/aromatic N) is 1. The standard InChI is InChI=1S/C26H23NO5/c1-14-6-7-15(2)20(10-14)21(28)13-32-26(31)18-4-3-5-19(12-18)27-24(29)22-16-8-9-17(11-16)23(22)25(27)30/h3-10,12,16-17,22-23H,11,13H2,1-2H3/t16-,17-,22+,23+/m0/s1. The third-order valence-corrected chi connectivity index (χ3v) is 6.84. The quantitative estimate of drug-likeness (QED) is 0.314. The van der Waals surface area contributed by atoms with Crippen molar-refractivity contribution in [1.29, 1.82) is 0 Å². The summed E-state index contributed by atoms with van der Waals surface area (Å²) >= 11 is 0. The molecule has 3 aliphatic rings. The van der Waals surface area contributed by atoms with Crippen LogP contribution in [0.2, 0.25) is 0 Å². The van der Waals surface area contributed by atoms with Crippen LogP contribution in [0.15, 0.2) is 54.6 Å². The maximum absolute atomic E-state index is 13.0. The topological polar surface area (TPSA) is 80.8 Å². The van der Waals surface area contributed by atoms with E-state index in [4.69, 9.17) is 4.74 Å². The first-order valence-corrected chi connectivity index (χ1v) is 10.8. The second-order valence-electron chi connectivity index (χ2n) is 8.88. The molecule has 162 valence electrons. The molecule has 0 spiro atoms. The number of imide groups is 1. The Morgan fingerprint density at radius 1 is 0.969 bits per heavy atom. The summed E-state index contributed by atoms with van der Waals surface area (Å²) in [5.41, 5.74) is 2.85. The van der Waals surface area contributed by atoms with Gasteiger partial charge < -0.3 is 4.74 Å². The molecular formula is C26H23NO5. The maximum atomic E-state index is 13.0. The lowest BCUT2D eigenvalue weighted by Crippen LogP contribution is -2.33. The fourth-order valence-corrected chi connectivity index (χ4v) is 5.26. The molecule has 0 radical (unpaired) electrons. The number of ketones is 1. The number of carbonyl (C=O) groups excluding carboxylic acids is 4. The van der Waals surface area contributed by atoms with Gasteiger partial charge in [0, 0.05) is 5.56 Å². The van der Waals surface area contributed by atoms with E-state index >= 15 is 0 Å². The number of anilines is 1. The van der Waals surface area contributed by atoms with Crippen molar-refractivity contribution in [3.8, 4) is 0 Å². The van der Waals surface area contributed by atoms with Crippen LogP contribution >= 0.6 is 0 Å². The van der Waals surface area contributed by atoms with Crippen molar-refractivity contribution < 1.29 is 23.9 Å². The Kier molecular flexibility index (Phi) is 4.81. The highest BCUT2D eigenvalue weighted by atomic mass is 16.5. The lowest BCUT2D eigenvalue weighted by atomic mass is 9.85. The molecule has 4 atom stereocenters. The zero-order valence-electron chi connectivity index (χ0n) is 17.9. The zero-order chi connectivity index (χ0) is 22.6. The Morgan fingerprint density at radius 2 is 1.66 bits per heavy atom. The van der Waals surface area contributed by atoms with Gasteiger partial charge in [-0.25, -0.2) is 9.69 Å². The van der Waals surface area contributed by atoms with E-state index in [1.807, 2.05) is 38.1 Å². The van der Waals surface area contributed by atoms with E-state index in [1.54, 1.807) is 24.3 Å². The zero-order valence-corrected chi connectivity index (χ0v) is 17.9. The average Bonchev–Trinajstić information content (AvgIpc) is 3.47. The fourth-order valence-electron chi connectivity index (χ4n) is 5.26. The van der Waals surface area contributed by atoms with Crippen molar-refractivity contribution in [3.05, 3.63) is 76.9 Å². The van der Waals surface area contributed by atoms with E-state index in [0.29, 0.717) is 11.3 Å². The van der Waals surface area contributed by atoms with E-state index in [-0.39, 0.29) is 53.4 Å². The monoisotopic (exact) mass is 429 g/mol. The Labute approximate surface area is 185 Å². The van der Waals surface area contributed by atoms with Crippen LogP contribution in [0, 0.1) is 37.5 Å². The number of hydrogen-bond acceptors (Lipinski definition) is 5. The first-order chi connectivity index (χ1) is 15.3. The van der Waals surface area contributed by atoms with Crippen LogP contribution in [-0.4, -0.2) is 30.2 Å². The predicted octanol–water partition coefficient (Wildman–Crippen LogP) is 3.65. The average molecular weight is 429 g/mol. The van der Waals surface area contributed by atoms with Gasteiger partial charge in [-0.1, -0.05) is 35.9 Å². The summed E-state index contributed by atoms with van der Waals surface area (Å²) < 4.78 is 5.24. The van der Waals surface area contributed by atoms with Crippen LogP contribution in [0.1, 0.15) is 38.3 Å². The van der Waals surface area contributed by atoms with E-state index in [2.05, 4.69) is 0 Å². The highest BCUT2D eigenvalue weighted by molar-refractivity contribution is 6.23. The molecule has 0 N–H and O–H groups in total. The first kappa shape index (κ1) is 20.4. The Hall–Kier alpha value is -3.54. The van der Waals surface area contributed by atoms with Gasteiger partial charge in [0.15, 0.2) is 6.61 Å². The van der Waals surface area contributed by atoms with Gasteiger partial charge in [0.25, 0.3) is 0 Å². The Balaban J connectivity index is 1.31. The van der Waals surface area contributed by atoms with Gasteiger partial charge >= 0.3 is 5.97 Å². The minimum atomic E-state index is -0.675. The van der Waals surface area contributed by atoms with Gasteiger partial charge in [-0.05, 0) is 61.9 Å². The molecule has 32 heavy (non-hydrogen) atoms. The summed E-state index contributed by atoms with van der Waals surface area (Å²) in [7, 11) is 0. The van der Waals surface area contributed by atoms with Crippen molar-refractivity contribution in [2.75, 3.05) is 11.5 Å². The molecule has 2 bridgehead atoms. The lowest BCUT2D eigenvalue weighted by Gasteiger charge is -2.18. The molecule has 1 saturated heterocycles. The number of carbonyl (C=O) groups is 4. The number of hydrogen-bond donors (Lipinski definition) is 0. The highest BCUT2D eigenvalue weighted by Crippen LogP contribution is 2.53. The maximum Gasteiger partial charge on any atom is 0.338 e. The van der Waals surface area contributed by atoms with Crippen LogP contribution in [0.3, 0.4) is 0 Å². The molecule has 2 amide bonds. The van der Waals surface area contributed by atoms with Gasteiger partial charge in [0.1, 0.15) is 0 Å². The number of amides is 2. The van der Waals surface area contributed by atoms with Gasteiger partial charge in [-0.2, -0.15) is 0 Å². The SMILES string of the molecule is Cc1ccc(C)c(C(=O)COC(=O)c2cccc(N3C(=O)[C@H]4[C@H](C3=O)[C@H]3C=C[C@H]4C3)c2)c1. The minimum absolute atomic E-state index is 0.121. The van der Waals surface area contributed by atoms with Crippen molar-refractivity contribution in [3.63, 3.8) is 0 Å². The molecular weight excluding hydrogens is 406 g/mol. The van der Waals surface area contributed by atoms with Crippen LogP contribution in [0.25, 0.3) is 0 Å². The van der Waals surface area contributed by atoms with Gasteiger partial charge in [-0.15, -0.1) is 0 Å². The number of aryl methyl sites for hydroxylation is 2. The summed E-state index contributed by atoms with van der Waals surface area (Å²) in [6.07, 6.45) is 4.95. The van der Waals surface area contributed by atoms with Crippen LogP contribution < -0.4 is 4.90 Å². The Bertz CT molecular complexity index is 1170. The summed E-state index contributed by atoms with van der Waals surface area (Å²) in [5.74, 6) is -1.72. The summed E-state index contributed by atoms with van der Waals surface area (Å²) in [5, 5.41) is 0. The molecule has 1 aliphatic heterocycles. The number of fused-ring (bicyclic) bond motifs is 5. The molecule has 2 aliphatic carbocycles. The fraction of sp³-hybridized carbons (Fsp3) is 0.308. The molecule has 0 unspecified atom stereocenters. The first-order valence-electron chi connectivity index (χ1n) is 10.8. The third-order valence-electron chi connectivity index (χ3n) is 6.84. The second kappa shape index (κ2) is 7.55. The van der Waals surface area contributed by atoms with E-state index in [9.17, 15) is 19.2 Å². The van der Waals surface area contributed by atoms with Gasteiger partial charge in [0.2, 0.25) is 17.6 Å². The summed E-state index contributed by atoms with van der Waals surface area (Å²) in [4.78, 5) is 52.3. The molecule has 0 aromatic heterocycles. The molecule has 5 rings (SSSR count). The molecule has 1 heterocycles. The smallest absolute Gasteiger partial charge is 0.338 e. The third kappa shape index (κ3) is 3.18. The molecule has 2 aromatic carbocycles.